The Kier molecular flexibility index (Phi) is 3.32. The van der Waals surface area contributed by atoms with Gasteiger partial charge in [0.1, 0.15) is 0 Å². The van der Waals surface area contributed by atoms with Crippen LogP contribution in [0.1, 0.15) is 24.6 Å². The van der Waals surface area contributed by atoms with Crippen molar-refractivity contribution in [2.24, 2.45) is 0 Å². The number of benzene rings is 1. The molecule has 1 heterocycles. The molecular formula is C14H15NO. The molecule has 16 heavy (non-hydrogen) atoms. The topological polar surface area (TPSA) is 33.1 Å². The number of aromatic nitrogens is 1. The molecule has 0 saturated heterocycles. The lowest BCUT2D eigenvalue weighted by Crippen LogP contribution is -2.00. The zero-order valence-corrected chi connectivity index (χ0v) is 9.13. The highest BCUT2D eigenvalue weighted by Crippen LogP contribution is 2.24. The van der Waals surface area contributed by atoms with Crippen molar-refractivity contribution in [3.8, 4) is 0 Å². The smallest absolute Gasteiger partial charge is 0.0969 e. The normalized spacial score (nSPS) is 12.6. The molecule has 1 N–H and O–H groups in total. The largest absolute Gasteiger partial charge is 0.387 e. The van der Waals surface area contributed by atoms with Crippen molar-refractivity contribution < 1.29 is 5.11 Å². The highest BCUT2D eigenvalue weighted by atomic mass is 16.3. The van der Waals surface area contributed by atoms with Gasteiger partial charge in [0.25, 0.3) is 0 Å². The zero-order chi connectivity index (χ0) is 11.4. The molecule has 2 nitrogen and oxygen atoms in total. The Hall–Kier alpha value is -1.67. The van der Waals surface area contributed by atoms with Gasteiger partial charge in [-0.2, -0.15) is 0 Å². The Balaban J connectivity index is 2.39. The molecule has 0 aliphatic rings. The molecule has 0 bridgehead atoms. The van der Waals surface area contributed by atoms with E-state index in [1.54, 1.807) is 6.20 Å². The molecule has 1 unspecified atom stereocenters. The second-order valence-corrected chi connectivity index (χ2v) is 3.80. The predicted molar refractivity (Wildman–Crippen MR) is 66.1 cm³/mol. The minimum Gasteiger partial charge on any atom is -0.387 e. The van der Waals surface area contributed by atoms with Gasteiger partial charge in [-0.15, -0.1) is 6.58 Å². The highest BCUT2D eigenvalue weighted by molar-refractivity contribution is 5.84. The van der Waals surface area contributed by atoms with Crippen LogP contribution in [0.25, 0.3) is 10.8 Å². The predicted octanol–water partition coefficient (Wildman–Crippen LogP) is 3.23. The van der Waals surface area contributed by atoms with Crippen molar-refractivity contribution in [3.05, 3.63) is 54.9 Å². The molecule has 1 atom stereocenters. The molecule has 2 heteroatoms. The van der Waals surface area contributed by atoms with Gasteiger partial charge in [0.15, 0.2) is 0 Å². The van der Waals surface area contributed by atoms with Crippen molar-refractivity contribution in [2.45, 2.75) is 18.9 Å². The molecule has 0 spiro atoms. The lowest BCUT2D eigenvalue weighted by Gasteiger charge is -2.11. The molecular weight excluding hydrogens is 198 g/mol. The maximum atomic E-state index is 10.0. The van der Waals surface area contributed by atoms with Gasteiger partial charge in [0, 0.05) is 11.6 Å². The third kappa shape index (κ3) is 2.12. The van der Waals surface area contributed by atoms with Crippen LogP contribution >= 0.6 is 0 Å². The van der Waals surface area contributed by atoms with Gasteiger partial charge in [0.05, 0.1) is 11.8 Å². The summed E-state index contributed by atoms with van der Waals surface area (Å²) in [6, 6.07) is 9.94. The van der Waals surface area contributed by atoms with Crippen molar-refractivity contribution in [3.63, 3.8) is 0 Å². The van der Waals surface area contributed by atoms with Crippen LogP contribution in [0.4, 0.5) is 0 Å². The number of aliphatic hydroxyl groups excluding tert-OH is 1. The summed E-state index contributed by atoms with van der Waals surface area (Å²) in [5.74, 6) is 0. The third-order valence-corrected chi connectivity index (χ3v) is 2.66. The first kappa shape index (κ1) is 10.8. The molecule has 0 radical (unpaired) electrons. The maximum Gasteiger partial charge on any atom is 0.0969 e. The van der Waals surface area contributed by atoms with Gasteiger partial charge in [-0.25, -0.2) is 0 Å². The Morgan fingerprint density at radius 2 is 2.12 bits per heavy atom. The summed E-state index contributed by atoms with van der Waals surface area (Å²) in [4.78, 5) is 4.28. The molecule has 2 rings (SSSR count). The number of fused-ring (bicyclic) bond motifs is 1. The Morgan fingerprint density at radius 1 is 1.31 bits per heavy atom. The molecule has 2 aromatic rings. The minimum atomic E-state index is -0.510. The standard InChI is InChI=1S/C14H15NO/c1-2-3-8-13(16)14-12-7-5-4-6-11(12)9-10-15-14/h2,4-7,9-10,13,16H,1,3,8H2. The first-order valence-corrected chi connectivity index (χ1v) is 5.45. The van der Waals surface area contributed by atoms with Crippen LogP contribution in [-0.2, 0) is 0 Å². The fourth-order valence-electron chi connectivity index (χ4n) is 1.82. The monoisotopic (exact) mass is 213 g/mol. The van der Waals surface area contributed by atoms with Gasteiger partial charge in [-0.05, 0) is 24.3 Å². The Labute approximate surface area is 95.3 Å². The summed E-state index contributed by atoms with van der Waals surface area (Å²) in [7, 11) is 0. The van der Waals surface area contributed by atoms with E-state index in [1.807, 2.05) is 36.4 Å². The Bertz CT molecular complexity index is 488. The van der Waals surface area contributed by atoms with Crippen LogP contribution in [0, 0.1) is 0 Å². The number of hydrogen-bond acceptors (Lipinski definition) is 2. The lowest BCUT2D eigenvalue weighted by molar-refractivity contribution is 0.166. The van der Waals surface area contributed by atoms with Crippen molar-refractivity contribution in [2.75, 3.05) is 0 Å². The zero-order valence-electron chi connectivity index (χ0n) is 9.13. The first-order chi connectivity index (χ1) is 7.83. The number of rotatable bonds is 4. The van der Waals surface area contributed by atoms with E-state index in [0.29, 0.717) is 6.42 Å². The molecule has 0 saturated carbocycles. The van der Waals surface area contributed by atoms with E-state index in [0.717, 1.165) is 22.9 Å². The molecule has 0 aliphatic heterocycles. The van der Waals surface area contributed by atoms with E-state index in [2.05, 4.69) is 11.6 Å². The Morgan fingerprint density at radius 3 is 2.94 bits per heavy atom. The van der Waals surface area contributed by atoms with E-state index in [-0.39, 0.29) is 0 Å². The fourth-order valence-corrected chi connectivity index (χ4v) is 1.82. The van der Waals surface area contributed by atoms with E-state index in [4.69, 9.17) is 0 Å². The third-order valence-electron chi connectivity index (χ3n) is 2.66. The summed E-state index contributed by atoms with van der Waals surface area (Å²) >= 11 is 0. The number of pyridine rings is 1. The first-order valence-electron chi connectivity index (χ1n) is 5.45. The SMILES string of the molecule is C=CCCC(O)c1nccc2ccccc12. The van der Waals surface area contributed by atoms with E-state index in [9.17, 15) is 5.11 Å². The van der Waals surface area contributed by atoms with Crippen LogP contribution in [-0.4, -0.2) is 10.1 Å². The van der Waals surface area contributed by atoms with Crippen LogP contribution in [0.15, 0.2) is 49.2 Å². The van der Waals surface area contributed by atoms with Gasteiger partial charge >= 0.3 is 0 Å². The van der Waals surface area contributed by atoms with Crippen molar-refractivity contribution in [1.29, 1.82) is 0 Å². The van der Waals surface area contributed by atoms with Gasteiger partial charge in [-0.3, -0.25) is 4.98 Å². The van der Waals surface area contributed by atoms with Crippen LogP contribution in [0.5, 0.6) is 0 Å². The van der Waals surface area contributed by atoms with Crippen LogP contribution in [0.2, 0.25) is 0 Å². The second kappa shape index (κ2) is 4.90. The van der Waals surface area contributed by atoms with E-state index in [1.165, 1.54) is 0 Å². The molecule has 0 amide bonds. The second-order valence-electron chi connectivity index (χ2n) is 3.80. The summed E-state index contributed by atoms with van der Waals surface area (Å²) in [5, 5.41) is 12.2. The van der Waals surface area contributed by atoms with Crippen molar-refractivity contribution >= 4 is 10.8 Å². The maximum absolute atomic E-state index is 10.0. The molecule has 1 aromatic carbocycles. The summed E-state index contributed by atoms with van der Waals surface area (Å²) < 4.78 is 0. The van der Waals surface area contributed by atoms with E-state index >= 15 is 0 Å². The van der Waals surface area contributed by atoms with Gasteiger partial charge < -0.3 is 5.11 Å². The highest BCUT2D eigenvalue weighted by Gasteiger charge is 2.11. The quantitative estimate of drug-likeness (QED) is 0.791. The number of aliphatic hydroxyl groups is 1. The van der Waals surface area contributed by atoms with E-state index < -0.39 is 6.10 Å². The summed E-state index contributed by atoms with van der Waals surface area (Å²) in [6.45, 7) is 3.66. The lowest BCUT2D eigenvalue weighted by atomic mass is 10.0. The summed E-state index contributed by atoms with van der Waals surface area (Å²) in [6.07, 6.45) is 4.52. The molecule has 0 aliphatic carbocycles. The number of hydrogen-bond donors (Lipinski definition) is 1. The fraction of sp³-hybridized carbons (Fsp3) is 0.214. The average molecular weight is 213 g/mol. The van der Waals surface area contributed by atoms with Crippen LogP contribution < -0.4 is 0 Å². The minimum absolute atomic E-state index is 0.510. The number of nitrogens with zero attached hydrogens (tertiary/aromatic N) is 1. The molecule has 1 aromatic heterocycles. The van der Waals surface area contributed by atoms with Gasteiger partial charge in [0.2, 0.25) is 0 Å². The van der Waals surface area contributed by atoms with Crippen LogP contribution in [0.3, 0.4) is 0 Å². The average Bonchev–Trinajstić information content (AvgIpc) is 2.35. The van der Waals surface area contributed by atoms with Gasteiger partial charge in [-0.1, -0.05) is 30.3 Å². The number of allylic oxidation sites excluding steroid dienone is 1. The van der Waals surface area contributed by atoms with Crippen molar-refractivity contribution in [1.82, 2.24) is 4.98 Å². The molecule has 82 valence electrons. The summed E-state index contributed by atoms with van der Waals surface area (Å²) in [5.41, 5.74) is 0.764. The molecule has 0 fully saturated rings.